The van der Waals surface area contributed by atoms with Gasteiger partial charge in [-0.1, -0.05) is 6.92 Å². The summed E-state index contributed by atoms with van der Waals surface area (Å²) in [5.74, 6) is 0.163. The maximum absolute atomic E-state index is 13.6. The van der Waals surface area contributed by atoms with Gasteiger partial charge in [0.1, 0.15) is 0 Å². The molecular weight excluding hydrogens is 247 g/mol. The summed E-state index contributed by atoms with van der Waals surface area (Å²) < 4.78 is 19.1. The first-order chi connectivity index (χ1) is 8.98. The van der Waals surface area contributed by atoms with Crippen molar-refractivity contribution < 1.29 is 9.13 Å². The number of hydrogen-bond donors (Lipinski definition) is 2. The van der Waals surface area contributed by atoms with E-state index < -0.39 is 5.82 Å². The van der Waals surface area contributed by atoms with Crippen LogP contribution in [0, 0.1) is 5.82 Å². The molecule has 0 unspecified atom stereocenters. The van der Waals surface area contributed by atoms with Crippen LogP contribution in [0.3, 0.4) is 0 Å². The Morgan fingerprint density at radius 1 is 1.32 bits per heavy atom. The summed E-state index contributed by atoms with van der Waals surface area (Å²) in [5, 5.41) is 5.99. The summed E-state index contributed by atoms with van der Waals surface area (Å²) in [6.45, 7) is 9.71. The van der Waals surface area contributed by atoms with Gasteiger partial charge in [0.15, 0.2) is 11.6 Å². The van der Waals surface area contributed by atoms with Crippen LogP contribution < -0.4 is 10.6 Å². The highest BCUT2D eigenvalue weighted by molar-refractivity contribution is 5.41. The van der Waals surface area contributed by atoms with Crippen molar-refractivity contribution in [2.45, 2.75) is 39.7 Å². The number of halogens is 1. The predicted octanol–water partition coefficient (Wildman–Crippen LogP) is 2.66. The largest absolute Gasteiger partial charge is 0.374 e. The van der Waals surface area contributed by atoms with E-state index in [2.05, 4.69) is 20.6 Å². The molecule has 1 rings (SSSR count). The van der Waals surface area contributed by atoms with Gasteiger partial charge in [-0.2, -0.15) is 4.98 Å². The van der Waals surface area contributed by atoms with E-state index >= 15 is 0 Å². The van der Waals surface area contributed by atoms with Gasteiger partial charge in [-0.15, -0.1) is 0 Å². The molecule has 5 nitrogen and oxygen atoms in total. The highest BCUT2D eigenvalue weighted by Crippen LogP contribution is 2.15. The molecule has 0 atom stereocenters. The van der Waals surface area contributed by atoms with Gasteiger partial charge in [-0.25, -0.2) is 9.37 Å². The van der Waals surface area contributed by atoms with Crippen molar-refractivity contribution in [3.8, 4) is 0 Å². The van der Waals surface area contributed by atoms with Crippen LogP contribution in [0.15, 0.2) is 6.20 Å². The smallest absolute Gasteiger partial charge is 0.224 e. The van der Waals surface area contributed by atoms with Crippen LogP contribution in [0.2, 0.25) is 0 Å². The molecule has 0 saturated heterocycles. The Bertz CT molecular complexity index is 398. The molecule has 108 valence electrons. The van der Waals surface area contributed by atoms with E-state index in [1.807, 2.05) is 27.7 Å². The third-order valence-corrected chi connectivity index (χ3v) is 2.49. The molecule has 1 heterocycles. The van der Waals surface area contributed by atoms with Gasteiger partial charge in [-0.3, -0.25) is 0 Å². The molecule has 19 heavy (non-hydrogen) atoms. The molecule has 1 aromatic heterocycles. The van der Waals surface area contributed by atoms with Crippen molar-refractivity contribution in [1.29, 1.82) is 0 Å². The van der Waals surface area contributed by atoms with E-state index in [1.54, 1.807) is 0 Å². The lowest BCUT2D eigenvalue weighted by Gasteiger charge is -2.25. The quantitative estimate of drug-likeness (QED) is 0.760. The first-order valence-electron chi connectivity index (χ1n) is 6.62. The molecule has 0 amide bonds. The summed E-state index contributed by atoms with van der Waals surface area (Å²) >= 11 is 0. The van der Waals surface area contributed by atoms with Crippen LogP contribution in [0.5, 0.6) is 0 Å². The maximum atomic E-state index is 13.6. The Hall–Kier alpha value is -1.43. The third kappa shape index (κ3) is 5.38. The fourth-order valence-corrected chi connectivity index (χ4v) is 1.55. The molecule has 0 radical (unpaired) electrons. The second-order valence-corrected chi connectivity index (χ2v) is 4.86. The van der Waals surface area contributed by atoms with Crippen LogP contribution in [0.4, 0.5) is 16.2 Å². The lowest BCUT2D eigenvalue weighted by Crippen LogP contribution is -2.33. The normalized spacial score (nSPS) is 11.4. The number of aromatic nitrogens is 2. The highest BCUT2D eigenvalue weighted by atomic mass is 19.1. The lowest BCUT2D eigenvalue weighted by atomic mass is 10.1. The van der Waals surface area contributed by atoms with Crippen LogP contribution >= 0.6 is 0 Å². The Labute approximate surface area is 114 Å². The van der Waals surface area contributed by atoms with E-state index in [4.69, 9.17) is 4.74 Å². The van der Waals surface area contributed by atoms with Crippen molar-refractivity contribution in [3.63, 3.8) is 0 Å². The monoisotopic (exact) mass is 270 g/mol. The first kappa shape index (κ1) is 15.6. The standard InChI is InChI=1S/C13H23FN4O/c1-5-7-15-12-16-8-10(14)11(18-12)17-9-13(3,4)19-6-2/h8H,5-7,9H2,1-4H3,(H2,15,16,17,18). The fourth-order valence-electron chi connectivity index (χ4n) is 1.55. The minimum absolute atomic E-state index is 0.196. The van der Waals surface area contributed by atoms with Gasteiger partial charge in [0.25, 0.3) is 0 Å². The molecule has 0 aliphatic carbocycles. The Balaban J connectivity index is 2.66. The molecule has 1 aromatic rings. The topological polar surface area (TPSA) is 59.1 Å². The highest BCUT2D eigenvalue weighted by Gasteiger charge is 2.18. The zero-order chi connectivity index (χ0) is 14.3. The number of anilines is 2. The molecule has 0 spiro atoms. The Kier molecular flexibility index (Phi) is 5.95. The lowest BCUT2D eigenvalue weighted by molar-refractivity contribution is 0.000601. The van der Waals surface area contributed by atoms with Crippen LogP contribution in [0.25, 0.3) is 0 Å². The Morgan fingerprint density at radius 3 is 2.68 bits per heavy atom. The minimum atomic E-state index is -0.464. The van der Waals surface area contributed by atoms with Gasteiger partial charge in [-0.05, 0) is 27.2 Å². The summed E-state index contributed by atoms with van der Waals surface area (Å²) in [4.78, 5) is 8.00. The van der Waals surface area contributed by atoms with Gasteiger partial charge in [0.2, 0.25) is 5.95 Å². The molecule has 6 heteroatoms. The molecule has 0 saturated carbocycles. The van der Waals surface area contributed by atoms with Crippen LogP contribution in [0.1, 0.15) is 34.1 Å². The Morgan fingerprint density at radius 2 is 2.05 bits per heavy atom. The summed E-state index contributed by atoms with van der Waals surface area (Å²) in [6.07, 6.45) is 2.13. The van der Waals surface area contributed by atoms with Crippen molar-refractivity contribution in [1.82, 2.24) is 9.97 Å². The zero-order valence-corrected chi connectivity index (χ0v) is 12.1. The van der Waals surface area contributed by atoms with E-state index in [-0.39, 0.29) is 11.4 Å². The zero-order valence-electron chi connectivity index (χ0n) is 12.1. The summed E-state index contributed by atoms with van der Waals surface area (Å²) in [5.41, 5.74) is -0.372. The van der Waals surface area contributed by atoms with Crippen LogP contribution in [-0.4, -0.2) is 35.3 Å². The number of nitrogens with one attached hydrogen (secondary N) is 2. The second kappa shape index (κ2) is 7.23. The average Bonchev–Trinajstić information content (AvgIpc) is 2.36. The van der Waals surface area contributed by atoms with Gasteiger partial charge in [0.05, 0.1) is 11.8 Å². The summed E-state index contributed by atoms with van der Waals surface area (Å²) in [7, 11) is 0. The number of ether oxygens (including phenoxy) is 1. The van der Waals surface area contributed by atoms with Gasteiger partial charge in [0, 0.05) is 19.7 Å². The van der Waals surface area contributed by atoms with E-state index in [0.717, 1.165) is 13.0 Å². The molecule has 2 N–H and O–H groups in total. The van der Waals surface area contributed by atoms with E-state index in [1.165, 1.54) is 6.20 Å². The van der Waals surface area contributed by atoms with Crippen LogP contribution in [-0.2, 0) is 4.74 Å². The molecule has 0 aromatic carbocycles. The number of hydrogen-bond acceptors (Lipinski definition) is 5. The predicted molar refractivity (Wildman–Crippen MR) is 75.0 cm³/mol. The van der Waals surface area contributed by atoms with Gasteiger partial charge >= 0.3 is 0 Å². The SMILES string of the molecule is CCCNc1ncc(F)c(NCC(C)(C)OCC)n1. The number of nitrogens with zero attached hydrogens (tertiary/aromatic N) is 2. The maximum Gasteiger partial charge on any atom is 0.224 e. The molecule has 0 aliphatic heterocycles. The molecule has 0 aliphatic rings. The van der Waals surface area contributed by atoms with Crippen molar-refractivity contribution >= 4 is 11.8 Å². The first-order valence-corrected chi connectivity index (χ1v) is 6.62. The van der Waals surface area contributed by atoms with Crippen molar-refractivity contribution in [3.05, 3.63) is 12.0 Å². The summed E-state index contributed by atoms with van der Waals surface area (Å²) in [6, 6.07) is 0. The average molecular weight is 270 g/mol. The van der Waals surface area contributed by atoms with E-state index in [0.29, 0.717) is 19.1 Å². The second-order valence-electron chi connectivity index (χ2n) is 4.86. The van der Waals surface area contributed by atoms with Crippen molar-refractivity contribution in [2.24, 2.45) is 0 Å². The molecule has 0 fully saturated rings. The molecular formula is C13H23FN4O. The van der Waals surface area contributed by atoms with Gasteiger partial charge < -0.3 is 15.4 Å². The third-order valence-electron chi connectivity index (χ3n) is 2.49. The molecule has 0 bridgehead atoms. The minimum Gasteiger partial charge on any atom is -0.374 e. The van der Waals surface area contributed by atoms with Crippen molar-refractivity contribution in [2.75, 3.05) is 30.3 Å². The fraction of sp³-hybridized carbons (Fsp3) is 0.692. The number of rotatable bonds is 8. The van der Waals surface area contributed by atoms with E-state index in [9.17, 15) is 4.39 Å².